The minimum Gasteiger partial charge on any atom is -0.384 e. The molecule has 1 aromatic rings. The van der Waals surface area contributed by atoms with Gasteiger partial charge in [-0.05, 0) is 24.3 Å². The third-order valence-corrected chi connectivity index (χ3v) is 2.72. The number of nitrogens with zero attached hydrogens (tertiary/aromatic N) is 4. The van der Waals surface area contributed by atoms with E-state index in [1.54, 1.807) is 31.6 Å². The fourth-order valence-electron chi connectivity index (χ4n) is 1.27. The number of hydrogen-bond donors (Lipinski definition) is 1. The monoisotopic (exact) mass is 277 g/mol. The van der Waals surface area contributed by atoms with Crippen LogP contribution in [0, 0.1) is 0 Å². The molecule has 0 atom stereocenters. The van der Waals surface area contributed by atoms with Crippen LogP contribution < -0.4 is 11.2 Å². The van der Waals surface area contributed by atoms with E-state index in [1.807, 2.05) is 5.41 Å². The van der Waals surface area contributed by atoms with Gasteiger partial charge in [-0.15, -0.1) is 11.8 Å². The van der Waals surface area contributed by atoms with E-state index in [1.165, 1.54) is 16.4 Å². The van der Waals surface area contributed by atoms with Crippen LogP contribution in [-0.2, 0) is 0 Å². The fourth-order valence-corrected chi connectivity index (χ4v) is 1.70. The Morgan fingerprint density at radius 1 is 1.53 bits per heavy atom. The summed E-state index contributed by atoms with van der Waals surface area (Å²) in [5, 5.41) is 6.02. The van der Waals surface area contributed by atoms with Crippen molar-refractivity contribution in [3.05, 3.63) is 34.8 Å². The molecular weight excluding hydrogens is 262 g/mol. The van der Waals surface area contributed by atoms with Gasteiger partial charge in [0.1, 0.15) is 12.1 Å². The van der Waals surface area contributed by atoms with Crippen molar-refractivity contribution >= 4 is 36.8 Å². The number of nitrogens with two attached hydrogens (primary N) is 1. The number of aromatic nitrogens is 1. The van der Waals surface area contributed by atoms with E-state index >= 15 is 0 Å². The van der Waals surface area contributed by atoms with Gasteiger partial charge in [0.25, 0.3) is 0 Å². The molecule has 0 aliphatic carbocycles. The number of rotatable bonds is 6. The Balaban J connectivity index is 2.89. The van der Waals surface area contributed by atoms with Crippen LogP contribution in [0.3, 0.4) is 0 Å². The largest absolute Gasteiger partial charge is 0.384 e. The lowest BCUT2D eigenvalue weighted by atomic mass is 10.3. The quantitative estimate of drug-likeness (QED) is 0.481. The number of anilines is 1. The fraction of sp³-hybridized carbons (Fsp3) is 0.167. The zero-order valence-electron chi connectivity index (χ0n) is 10.6. The SMILES string of the molecule is C=N/C=C\SC/C=N/n1c(N)cc(C=O)cc1=NC. The molecule has 0 unspecified atom stereocenters. The van der Waals surface area contributed by atoms with E-state index in [0.29, 0.717) is 22.6 Å². The first kappa shape index (κ1) is 14.9. The molecule has 1 rings (SSSR count). The number of aliphatic imine (C=N–C) groups is 1. The predicted molar refractivity (Wildman–Crippen MR) is 80.8 cm³/mol. The maximum Gasteiger partial charge on any atom is 0.151 e. The molecule has 1 aromatic heterocycles. The van der Waals surface area contributed by atoms with E-state index in [0.717, 1.165) is 6.29 Å². The topological polar surface area (TPSA) is 85.1 Å². The van der Waals surface area contributed by atoms with Crippen molar-refractivity contribution < 1.29 is 4.79 Å². The molecule has 1 heterocycles. The zero-order chi connectivity index (χ0) is 14.1. The number of carbonyl (C=O) groups is 1. The second-order valence-corrected chi connectivity index (χ2v) is 4.26. The molecule has 0 aliphatic heterocycles. The summed E-state index contributed by atoms with van der Waals surface area (Å²) in [7, 11) is 1.61. The lowest BCUT2D eigenvalue weighted by molar-refractivity contribution is 0.112. The molecule has 7 heteroatoms. The molecule has 19 heavy (non-hydrogen) atoms. The van der Waals surface area contributed by atoms with Gasteiger partial charge in [0.15, 0.2) is 5.49 Å². The summed E-state index contributed by atoms with van der Waals surface area (Å²) in [6.07, 6.45) is 4.03. The first-order chi connectivity index (χ1) is 9.22. The summed E-state index contributed by atoms with van der Waals surface area (Å²) < 4.78 is 1.48. The van der Waals surface area contributed by atoms with Gasteiger partial charge < -0.3 is 5.73 Å². The van der Waals surface area contributed by atoms with Crippen LogP contribution in [0.4, 0.5) is 5.82 Å². The highest BCUT2D eigenvalue weighted by atomic mass is 32.2. The Morgan fingerprint density at radius 3 is 2.95 bits per heavy atom. The van der Waals surface area contributed by atoms with Crippen LogP contribution in [0.25, 0.3) is 0 Å². The van der Waals surface area contributed by atoms with E-state index in [4.69, 9.17) is 5.73 Å². The van der Waals surface area contributed by atoms with Crippen molar-refractivity contribution in [2.24, 2.45) is 15.1 Å². The third kappa shape index (κ3) is 4.55. The van der Waals surface area contributed by atoms with Gasteiger partial charge in [-0.3, -0.25) is 14.8 Å². The van der Waals surface area contributed by atoms with Gasteiger partial charge >= 0.3 is 0 Å². The highest BCUT2D eigenvalue weighted by Crippen LogP contribution is 2.03. The lowest BCUT2D eigenvalue weighted by Crippen LogP contribution is -2.21. The molecule has 0 bridgehead atoms. The van der Waals surface area contributed by atoms with Gasteiger partial charge in [0.05, 0.1) is 0 Å². The van der Waals surface area contributed by atoms with Crippen LogP contribution >= 0.6 is 11.8 Å². The lowest BCUT2D eigenvalue weighted by Gasteiger charge is -2.05. The molecular formula is C12H15N5OS. The molecule has 0 aliphatic rings. The Bertz CT molecular complexity index is 574. The molecule has 2 N–H and O–H groups in total. The van der Waals surface area contributed by atoms with Crippen molar-refractivity contribution in [1.29, 1.82) is 0 Å². The number of carbonyl (C=O) groups excluding carboxylic acids is 1. The molecule has 0 aromatic carbocycles. The zero-order valence-corrected chi connectivity index (χ0v) is 11.4. The molecule has 100 valence electrons. The van der Waals surface area contributed by atoms with Crippen LogP contribution in [0.1, 0.15) is 10.4 Å². The number of nitrogen functional groups attached to an aromatic ring is 1. The van der Waals surface area contributed by atoms with E-state index in [-0.39, 0.29) is 0 Å². The van der Waals surface area contributed by atoms with Crippen molar-refractivity contribution in [3.63, 3.8) is 0 Å². The van der Waals surface area contributed by atoms with Gasteiger partial charge in [-0.1, -0.05) is 0 Å². The average Bonchev–Trinajstić information content (AvgIpc) is 2.43. The Hall–Kier alpha value is -2.15. The summed E-state index contributed by atoms with van der Waals surface area (Å²) in [4.78, 5) is 18.3. The number of hydrogen-bond acceptors (Lipinski definition) is 6. The summed E-state index contributed by atoms with van der Waals surface area (Å²) in [6.45, 7) is 3.33. The maximum atomic E-state index is 10.7. The minimum atomic E-state index is 0.356. The first-order valence-corrected chi connectivity index (χ1v) is 6.43. The molecule has 6 nitrogen and oxygen atoms in total. The minimum absolute atomic E-state index is 0.356. The van der Waals surface area contributed by atoms with Crippen LogP contribution in [0.5, 0.6) is 0 Å². The molecule has 0 amide bonds. The third-order valence-electron chi connectivity index (χ3n) is 2.07. The summed E-state index contributed by atoms with van der Waals surface area (Å²) in [5.41, 5.74) is 6.81. The Kier molecular flexibility index (Phi) is 6.31. The van der Waals surface area contributed by atoms with Crippen LogP contribution in [0.2, 0.25) is 0 Å². The van der Waals surface area contributed by atoms with E-state index < -0.39 is 0 Å². The first-order valence-electron chi connectivity index (χ1n) is 5.38. The average molecular weight is 277 g/mol. The van der Waals surface area contributed by atoms with Crippen LogP contribution in [-0.4, -0.2) is 36.7 Å². The smallest absolute Gasteiger partial charge is 0.151 e. The summed E-state index contributed by atoms with van der Waals surface area (Å²) in [6, 6.07) is 3.17. The maximum absolute atomic E-state index is 10.7. The number of thioether (sulfide) groups is 1. The second kappa shape index (κ2) is 8.04. The highest BCUT2D eigenvalue weighted by molar-refractivity contribution is 8.02. The molecule has 0 spiro atoms. The van der Waals surface area contributed by atoms with Crippen molar-refractivity contribution in [1.82, 2.24) is 4.68 Å². The van der Waals surface area contributed by atoms with E-state index in [2.05, 4.69) is 21.8 Å². The molecule has 0 fully saturated rings. The normalized spacial score (nSPS) is 12.4. The molecule has 0 saturated heterocycles. The van der Waals surface area contributed by atoms with Crippen molar-refractivity contribution in [2.75, 3.05) is 18.5 Å². The highest BCUT2D eigenvalue weighted by Gasteiger charge is 2.00. The summed E-state index contributed by atoms with van der Waals surface area (Å²) >= 11 is 1.52. The summed E-state index contributed by atoms with van der Waals surface area (Å²) in [5.74, 6) is 1.02. The number of pyridine rings is 1. The van der Waals surface area contributed by atoms with E-state index in [9.17, 15) is 4.79 Å². The Morgan fingerprint density at radius 2 is 2.32 bits per heavy atom. The van der Waals surface area contributed by atoms with Gasteiger partial charge in [0.2, 0.25) is 0 Å². The van der Waals surface area contributed by atoms with Crippen molar-refractivity contribution in [3.8, 4) is 0 Å². The molecule has 0 radical (unpaired) electrons. The predicted octanol–water partition coefficient (Wildman–Crippen LogP) is 1.15. The van der Waals surface area contributed by atoms with Crippen molar-refractivity contribution in [2.45, 2.75) is 0 Å². The standard InChI is InChI=1S/C12H15N5OS/c1-14-3-5-19-6-4-16-17-11(13)7-10(9-18)8-12(17)15-2/h3-5,7-9H,1,6,13H2,2H3/b5-3-,15-12?,16-4+. The second-order valence-electron chi connectivity index (χ2n) is 3.32. The Labute approximate surface area is 115 Å². The number of aldehydes is 1. The molecule has 0 saturated carbocycles. The van der Waals surface area contributed by atoms with Gasteiger partial charge in [-0.25, -0.2) is 4.68 Å². The van der Waals surface area contributed by atoms with Gasteiger partial charge in [0, 0.05) is 30.8 Å². The van der Waals surface area contributed by atoms with Crippen LogP contribution in [0.15, 0.2) is 38.8 Å². The van der Waals surface area contributed by atoms with Gasteiger partial charge in [-0.2, -0.15) is 5.10 Å².